The van der Waals surface area contributed by atoms with Crippen LogP contribution in [-0.4, -0.2) is 44.8 Å². The van der Waals surface area contributed by atoms with Gasteiger partial charge >= 0.3 is 56.4 Å². The van der Waals surface area contributed by atoms with E-state index in [4.69, 9.17) is 11.5 Å². The Morgan fingerprint density at radius 3 is 1.30 bits per heavy atom. The third-order valence-electron chi connectivity index (χ3n) is 2.13. The molecule has 0 bridgehead atoms. The van der Waals surface area contributed by atoms with Crippen LogP contribution in [0.15, 0.2) is 0 Å². The first kappa shape index (κ1) is 43.0. The standard InChI is InChI=1S/C9H22N3.2ClH.4H2N.2Pt/c1-12(2,9-5-7-11)8-4-3-6-10;;;;;;;;/h10-11H,3-9H2,1-2H3;2*1H;4*1H2;;/q-1;;;4*-1;2*+1/p-2. The minimum atomic E-state index is 0. The fourth-order valence-corrected chi connectivity index (χ4v) is 1.28. The third kappa shape index (κ3) is 42.7. The van der Waals surface area contributed by atoms with Gasteiger partial charge in [-0.2, -0.15) is 6.54 Å². The molecule has 0 saturated carbocycles. The Labute approximate surface area is 155 Å². The van der Waals surface area contributed by atoms with Gasteiger partial charge in [0.25, 0.3) is 0 Å². The van der Waals surface area contributed by atoms with Crippen LogP contribution in [0.4, 0.5) is 0 Å². The molecule has 0 rings (SSSR count). The first-order chi connectivity index (χ1) is 7.62. The first-order valence-electron chi connectivity index (χ1n) is 4.97. The van der Waals surface area contributed by atoms with Gasteiger partial charge in [-0.15, -0.1) is 6.54 Å². The van der Waals surface area contributed by atoms with E-state index in [0.29, 0.717) is 13.1 Å². The van der Waals surface area contributed by atoms with Crippen LogP contribution < -0.4 is 0 Å². The number of unbranched alkanes of at least 4 members (excludes halogenated alkanes) is 1. The number of hydrogen-bond acceptors (Lipinski definition) is 0. The zero-order chi connectivity index (χ0) is 13.4. The van der Waals surface area contributed by atoms with E-state index in [2.05, 4.69) is 32.9 Å². The summed E-state index contributed by atoms with van der Waals surface area (Å²) < 4.78 is 1.01. The molecule has 0 saturated heterocycles. The Bertz CT molecular complexity index is 126. The van der Waals surface area contributed by atoms with Crippen LogP contribution in [0, 0.1) is 0 Å². The summed E-state index contributed by atoms with van der Waals surface area (Å²) in [6.07, 6.45) is 3.16. The average Bonchev–Trinajstić information content (AvgIpc) is 2.32. The van der Waals surface area contributed by atoms with E-state index in [1.807, 2.05) is 0 Å². The molecule has 10 N–H and O–H groups in total. The van der Waals surface area contributed by atoms with Crippen molar-refractivity contribution in [1.29, 1.82) is 0 Å². The molecule has 0 radical (unpaired) electrons. The van der Waals surface area contributed by atoms with Gasteiger partial charge in [0.2, 0.25) is 0 Å². The largest absolute Gasteiger partial charge is 0.693 e. The van der Waals surface area contributed by atoms with Gasteiger partial charge in [-0.3, -0.25) is 0 Å². The molecular weight excluding hydrogens is 667 g/mol. The summed E-state index contributed by atoms with van der Waals surface area (Å²) in [5.74, 6) is 0. The van der Waals surface area contributed by atoms with Gasteiger partial charge in [0.15, 0.2) is 0 Å². The summed E-state index contributed by atoms with van der Waals surface area (Å²) in [7, 11) is 13.6. The van der Waals surface area contributed by atoms with Gasteiger partial charge < -0.3 is 40.6 Å². The molecule has 0 atom stereocenters. The number of nitrogens with zero attached hydrogens (tertiary/aromatic N) is 1. The zero-order valence-corrected chi connectivity index (χ0v) is 18.2. The van der Waals surface area contributed by atoms with E-state index in [-0.39, 0.29) is 24.6 Å². The summed E-state index contributed by atoms with van der Waals surface area (Å²) in [5, 5.41) is 0. The van der Waals surface area contributed by atoms with Crippen LogP contribution in [0.25, 0.3) is 36.1 Å². The average molecular weight is 697 g/mol. The van der Waals surface area contributed by atoms with E-state index in [1.165, 1.54) is 0 Å². The van der Waals surface area contributed by atoms with Crippen LogP contribution in [0.1, 0.15) is 19.3 Å². The van der Waals surface area contributed by atoms with Crippen LogP contribution in [0.3, 0.4) is 0 Å². The van der Waals surface area contributed by atoms with E-state index in [0.717, 1.165) is 36.8 Å². The van der Waals surface area contributed by atoms with Crippen molar-refractivity contribution >= 4 is 18.8 Å². The van der Waals surface area contributed by atoms with Crippen LogP contribution in [-0.2, 0) is 37.5 Å². The molecule has 140 valence electrons. The van der Waals surface area contributed by atoms with Crippen molar-refractivity contribution in [2.24, 2.45) is 0 Å². The van der Waals surface area contributed by atoms with E-state index in [9.17, 15) is 0 Å². The number of nitrogens with two attached hydrogens (primary N) is 4. The summed E-state index contributed by atoms with van der Waals surface area (Å²) in [5.41, 5.74) is 14.1. The second kappa shape index (κ2) is 37.2. The predicted molar refractivity (Wildman–Crippen MR) is 86.9 cm³/mol. The quantitative estimate of drug-likeness (QED) is 0.206. The molecule has 0 aromatic carbocycles. The van der Waals surface area contributed by atoms with Crippen LogP contribution in [0.5, 0.6) is 0 Å². The molecule has 11 heteroatoms. The van der Waals surface area contributed by atoms with Crippen molar-refractivity contribution in [2.45, 2.75) is 19.3 Å². The van der Waals surface area contributed by atoms with Crippen molar-refractivity contribution in [1.82, 2.24) is 0 Å². The molecule has 0 unspecified atom stereocenters. The zero-order valence-electron chi connectivity index (χ0n) is 12.1. The second-order valence-corrected chi connectivity index (χ2v) is 3.94. The first-order valence-corrected chi connectivity index (χ1v) is 10.6. The smallest absolute Gasteiger partial charge is 0.693 e. The number of hydrogen-bond donors (Lipinski definition) is 0. The molecule has 0 spiro atoms. The minimum absolute atomic E-state index is 0. The molecule has 20 heavy (non-hydrogen) atoms. The Morgan fingerprint density at radius 1 is 0.700 bits per heavy atom. The summed E-state index contributed by atoms with van der Waals surface area (Å²) in [6, 6.07) is 0. The summed E-state index contributed by atoms with van der Waals surface area (Å²) in [6.45, 7) is 3.35. The van der Waals surface area contributed by atoms with Gasteiger partial charge in [-0.1, -0.05) is 6.42 Å². The van der Waals surface area contributed by atoms with Gasteiger partial charge in [0, 0.05) is 0 Å². The Balaban J connectivity index is -0.0000000386. The number of halogens is 2. The molecule has 0 aromatic heterocycles. The van der Waals surface area contributed by atoms with E-state index >= 15 is 0 Å². The number of nitrogens with one attached hydrogen (secondary N) is 2. The van der Waals surface area contributed by atoms with Gasteiger partial charge in [0.05, 0.1) is 27.2 Å². The maximum absolute atomic E-state index is 7.06. The Hall–Kier alpha value is 1.68. The molecule has 0 aliphatic heterocycles. The van der Waals surface area contributed by atoms with Crippen LogP contribution in [0.2, 0.25) is 0 Å². The number of quaternary nitrogens is 1. The van der Waals surface area contributed by atoms with Crippen molar-refractivity contribution < 1.29 is 42.0 Å². The molecule has 7 nitrogen and oxygen atoms in total. The van der Waals surface area contributed by atoms with Gasteiger partial charge in [-0.05, 0) is 12.8 Å². The van der Waals surface area contributed by atoms with E-state index in [1.54, 1.807) is 37.5 Å². The van der Waals surface area contributed by atoms with Gasteiger partial charge in [0.1, 0.15) is 0 Å². The topological polar surface area (TPSA) is 182 Å². The summed E-state index contributed by atoms with van der Waals surface area (Å²) in [4.78, 5) is 0. The molecule has 0 amide bonds. The maximum Gasteiger partial charge on any atom is -0.693 e. The third-order valence-corrected chi connectivity index (χ3v) is 2.13. The molecule has 0 fully saturated rings. The Morgan fingerprint density at radius 2 is 1.00 bits per heavy atom. The summed E-state index contributed by atoms with van der Waals surface area (Å²) >= 11 is 3.22. The van der Waals surface area contributed by atoms with E-state index < -0.39 is 0 Å². The molecule has 0 aromatic rings. The fraction of sp³-hybridized carbons (Fsp3) is 1.00. The van der Waals surface area contributed by atoms with Crippen molar-refractivity contribution in [3.05, 3.63) is 36.1 Å². The Kier molecular flexibility index (Phi) is 79.9. The molecular formula is C9H30Cl2N7Pt2-5. The predicted octanol–water partition coefficient (Wildman–Crippen LogP) is 6.58. The van der Waals surface area contributed by atoms with Crippen molar-refractivity contribution in [3.63, 3.8) is 0 Å². The van der Waals surface area contributed by atoms with Crippen molar-refractivity contribution in [2.75, 3.05) is 40.3 Å². The minimum Gasteiger partial charge on any atom is -0.693 e. The maximum atomic E-state index is 7.06. The monoisotopic (exact) mass is 696 g/mol. The SMILES string of the molecule is C[N+](C)(CCC[NH-])CCCC[NH-].[Cl][Pt].[Cl][Pt].[NH2-].[NH2-].[NH2-].[NH2-]. The molecule has 0 aliphatic rings. The van der Waals surface area contributed by atoms with Crippen LogP contribution >= 0.6 is 18.8 Å². The molecule has 0 aliphatic carbocycles. The molecule has 0 heterocycles. The number of rotatable bonds is 7. The second-order valence-electron chi connectivity index (χ2n) is 3.94. The normalized spacial score (nSPS) is 7.90. The fourth-order valence-electron chi connectivity index (χ4n) is 1.28. The van der Waals surface area contributed by atoms with Gasteiger partial charge in [-0.25, -0.2) is 0 Å². The van der Waals surface area contributed by atoms with Crippen molar-refractivity contribution in [3.8, 4) is 0 Å².